The van der Waals surface area contributed by atoms with Crippen molar-refractivity contribution >= 4 is 15.9 Å². The summed E-state index contributed by atoms with van der Waals surface area (Å²) in [5, 5.41) is 2.83. The van der Waals surface area contributed by atoms with Crippen LogP contribution in [0.1, 0.15) is 25.3 Å². The fourth-order valence-electron chi connectivity index (χ4n) is 2.37. The molecule has 23 heavy (non-hydrogen) atoms. The number of carbonyl (C=O) groups excluding carboxylic acids is 1. The molecule has 1 aromatic rings. The highest BCUT2D eigenvalue weighted by atomic mass is 32.2. The van der Waals surface area contributed by atoms with Crippen LogP contribution in [-0.2, 0) is 26.0 Å². The zero-order chi connectivity index (χ0) is 16.7. The van der Waals surface area contributed by atoms with Crippen LogP contribution in [0.3, 0.4) is 0 Å². The van der Waals surface area contributed by atoms with Gasteiger partial charge in [0.2, 0.25) is 15.9 Å². The number of aryl methyl sites for hydroxylation is 1. The summed E-state index contributed by atoms with van der Waals surface area (Å²) in [4.78, 5) is 11.9. The minimum Gasteiger partial charge on any atom is -0.379 e. The number of carbonyl (C=O) groups is 1. The predicted octanol–water partition coefficient (Wildman–Crippen LogP) is 1.17. The Bertz CT molecular complexity index is 607. The lowest BCUT2D eigenvalue weighted by atomic mass is 10.1. The average molecular weight is 340 g/mol. The van der Waals surface area contributed by atoms with Crippen LogP contribution in [0.2, 0.25) is 0 Å². The quantitative estimate of drug-likeness (QED) is 0.808. The Morgan fingerprint density at radius 3 is 2.48 bits per heavy atom. The van der Waals surface area contributed by atoms with Crippen LogP contribution in [0.4, 0.5) is 0 Å². The first-order valence-electron chi connectivity index (χ1n) is 7.97. The third-order valence-corrected chi connectivity index (χ3v) is 5.66. The van der Waals surface area contributed by atoms with Gasteiger partial charge in [-0.1, -0.05) is 19.1 Å². The van der Waals surface area contributed by atoms with E-state index in [1.165, 1.54) is 4.31 Å². The van der Waals surface area contributed by atoms with Crippen molar-refractivity contribution in [3.8, 4) is 0 Å². The molecule has 1 amide bonds. The zero-order valence-electron chi connectivity index (χ0n) is 13.5. The molecule has 128 valence electrons. The van der Waals surface area contributed by atoms with Crippen molar-refractivity contribution in [2.24, 2.45) is 0 Å². The molecule has 1 aliphatic heterocycles. The number of nitrogens with one attached hydrogen (secondary N) is 1. The Kier molecular flexibility index (Phi) is 6.56. The first kappa shape index (κ1) is 17.9. The van der Waals surface area contributed by atoms with E-state index in [9.17, 15) is 13.2 Å². The van der Waals surface area contributed by atoms with E-state index in [2.05, 4.69) is 5.32 Å². The molecule has 2 rings (SSSR count). The summed E-state index contributed by atoms with van der Waals surface area (Å²) in [6.45, 7) is 4.35. The van der Waals surface area contributed by atoms with Gasteiger partial charge in [-0.05, 0) is 30.5 Å². The lowest BCUT2D eigenvalue weighted by Gasteiger charge is -2.26. The molecule has 1 aromatic carbocycles. The van der Waals surface area contributed by atoms with E-state index < -0.39 is 10.0 Å². The maximum absolute atomic E-state index is 12.5. The number of nitrogens with zero attached hydrogens (tertiary/aromatic N) is 1. The Morgan fingerprint density at radius 2 is 1.87 bits per heavy atom. The number of amides is 1. The molecule has 0 aromatic heterocycles. The lowest BCUT2D eigenvalue weighted by Crippen LogP contribution is -2.40. The van der Waals surface area contributed by atoms with Crippen molar-refractivity contribution in [2.75, 3.05) is 32.8 Å². The molecule has 1 aliphatic rings. The van der Waals surface area contributed by atoms with Crippen molar-refractivity contribution < 1.29 is 17.9 Å². The van der Waals surface area contributed by atoms with Crippen LogP contribution in [-0.4, -0.2) is 51.5 Å². The van der Waals surface area contributed by atoms with Gasteiger partial charge in [0.05, 0.1) is 18.1 Å². The maximum atomic E-state index is 12.5. The largest absolute Gasteiger partial charge is 0.379 e. The highest BCUT2D eigenvalue weighted by Gasteiger charge is 2.25. The summed E-state index contributed by atoms with van der Waals surface area (Å²) < 4.78 is 31.6. The molecular formula is C16H24N2O4S. The number of rotatable bonds is 7. The molecule has 0 unspecified atom stereocenters. The molecule has 0 spiro atoms. The van der Waals surface area contributed by atoms with Crippen molar-refractivity contribution in [2.45, 2.75) is 31.1 Å². The third kappa shape index (κ3) is 5.02. The van der Waals surface area contributed by atoms with Gasteiger partial charge in [-0.3, -0.25) is 4.79 Å². The minimum atomic E-state index is -3.45. The molecule has 0 aliphatic carbocycles. The second kappa shape index (κ2) is 8.42. The smallest absolute Gasteiger partial charge is 0.243 e. The average Bonchev–Trinajstić information content (AvgIpc) is 2.59. The molecular weight excluding hydrogens is 316 g/mol. The van der Waals surface area contributed by atoms with Crippen LogP contribution in [0.25, 0.3) is 0 Å². The summed E-state index contributed by atoms with van der Waals surface area (Å²) >= 11 is 0. The van der Waals surface area contributed by atoms with Gasteiger partial charge in [-0.2, -0.15) is 4.31 Å². The van der Waals surface area contributed by atoms with E-state index in [0.717, 1.165) is 12.0 Å². The van der Waals surface area contributed by atoms with Gasteiger partial charge in [0.25, 0.3) is 0 Å². The Balaban J connectivity index is 1.94. The summed E-state index contributed by atoms with van der Waals surface area (Å²) in [7, 11) is -3.45. The normalized spacial score (nSPS) is 16.2. The number of ether oxygens (including phenoxy) is 1. The monoisotopic (exact) mass is 340 g/mol. The van der Waals surface area contributed by atoms with Gasteiger partial charge in [-0.25, -0.2) is 8.42 Å². The number of hydrogen-bond donors (Lipinski definition) is 1. The molecule has 0 atom stereocenters. The van der Waals surface area contributed by atoms with Gasteiger partial charge in [-0.15, -0.1) is 0 Å². The van der Waals surface area contributed by atoms with Gasteiger partial charge in [0.1, 0.15) is 0 Å². The van der Waals surface area contributed by atoms with Gasteiger partial charge in [0.15, 0.2) is 0 Å². The maximum Gasteiger partial charge on any atom is 0.243 e. The number of sulfonamides is 1. The van der Waals surface area contributed by atoms with Crippen molar-refractivity contribution in [1.82, 2.24) is 9.62 Å². The van der Waals surface area contributed by atoms with Crippen molar-refractivity contribution in [3.63, 3.8) is 0 Å². The molecule has 1 heterocycles. The van der Waals surface area contributed by atoms with Gasteiger partial charge in [0, 0.05) is 26.1 Å². The van der Waals surface area contributed by atoms with Crippen LogP contribution >= 0.6 is 0 Å². The number of hydrogen-bond acceptors (Lipinski definition) is 4. The Labute approximate surface area is 137 Å². The Morgan fingerprint density at radius 1 is 1.22 bits per heavy atom. The topological polar surface area (TPSA) is 75.7 Å². The lowest BCUT2D eigenvalue weighted by molar-refractivity contribution is -0.121. The fraction of sp³-hybridized carbons (Fsp3) is 0.562. The van der Waals surface area contributed by atoms with Crippen molar-refractivity contribution in [3.05, 3.63) is 29.8 Å². The van der Waals surface area contributed by atoms with Crippen LogP contribution < -0.4 is 5.32 Å². The molecule has 1 saturated heterocycles. The second-order valence-corrected chi connectivity index (χ2v) is 7.45. The first-order chi connectivity index (χ1) is 11.0. The van der Waals surface area contributed by atoms with Crippen LogP contribution in [0, 0.1) is 0 Å². The first-order valence-corrected chi connectivity index (χ1v) is 9.41. The highest BCUT2D eigenvalue weighted by molar-refractivity contribution is 7.89. The van der Waals surface area contributed by atoms with E-state index in [1.54, 1.807) is 24.3 Å². The molecule has 0 bridgehead atoms. The predicted molar refractivity (Wildman–Crippen MR) is 87.6 cm³/mol. The van der Waals surface area contributed by atoms with E-state index in [4.69, 9.17) is 4.74 Å². The van der Waals surface area contributed by atoms with Crippen LogP contribution in [0.15, 0.2) is 29.2 Å². The highest BCUT2D eigenvalue weighted by Crippen LogP contribution is 2.18. The minimum absolute atomic E-state index is 0.0249. The molecule has 1 fully saturated rings. The second-order valence-electron chi connectivity index (χ2n) is 5.51. The standard InChI is InChI=1S/C16H24N2O4S/c1-2-9-17-16(19)8-5-14-3-6-15(7-4-14)23(20,21)18-10-12-22-13-11-18/h3-4,6-7H,2,5,8-13H2,1H3,(H,17,19). The summed E-state index contributed by atoms with van der Waals surface area (Å²) in [6, 6.07) is 6.79. The fourth-order valence-corrected chi connectivity index (χ4v) is 3.78. The summed E-state index contributed by atoms with van der Waals surface area (Å²) in [6.07, 6.45) is 1.93. The summed E-state index contributed by atoms with van der Waals surface area (Å²) in [5.41, 5.74) is 0.956. The van der Waals surface area contributed by atoms with Crippen LogP contribution in [0.5, 0.6) is 0 Å². The third-order valence-electron chi connectivity index (χ3n) is 3.74. The molecule has 0 radical (unpaired) electrons. The Hall–Kier alpha value is -1.44. The molecule has 0 saturated carbocycles. The van der Waals surface area contributed by atoms with Crippen molar-refractivity contribution in [1.29, 1.82) is 0 Å². The van der Waals surface area contributed by atoms with Gasteiger partial charge >= 0.3 is 0 Å². The SMILES string of the molecule is CCCNC(=O)CCc1ccc(S(=O)(=O)N2CCOCC2)cc1. The molecule has 1 N–H and O–H groups in total. The number of morpholine rings is 1. The molecule has 7 heteroatoms. The van der Waals surface area contributed by atoms with Gasteiger partial charge < -0.3 is 10.1 Å². The van der Waals surface area contributed by atoms with E-state index in [1.807, 2.05) is 6.92 Å². The van der Waals surface area contributed by atoms with E-state index >= 15 is 0 Å². The summed E-state index contributed by atoms with van der Waals surface area (Å²) in [5.74, 6) is 0.0249. The number of benzene rings is 1. The van der Waals surface area contributed by atoms with E-state index in [0.29, 0.717) is 50.6 Å². The molecule has 6 nitrogen and oxygen atoms in total. The zero-order valence-corrected chi connectivity index (χ0v) is 14.3. The van der Waals surface area contributed by atoms with E-state index in [-0.39, 0.29) is 5.91 Å².